The monoisotopic (exact) mass is 275 g/mol. The Bertz CT molecular complexity index is 450. The molecule has 0 radical (unpaired) electrons. The Labute approximate surface area is 120 Å². The first-order valence-corrected chi connectivity index (χ1v) is 7.31. The second-order valence-corrected chi connectivity index (χ2v) is 5.39. The largest absolute Gasteiger partial charge is 0.342 e. The summed E-state index contributed by atoms with van der Waals surface area (Å²) < 4.78 is 0. The Morgan fingerprint density at radius 1 is 1.32 bits per heavy atom. The number of nitrogens with zero attached hydrogens (tertiary/aromatic N) is 1. The number of piperidine rings is 1. The average Bonchev–Trinajstić information content (AvgIpc) is 2.46. The minimum atomic E-state index is 0.0580. The molecule has 0 bridgehead atoms. The van der Waals surface area contributed by atoms with E-state index >= 15 is 0 Å². The first kappa shape index (κ1) is 14.2. The number of carbonyl (C=O) groups excluding carboxylic acids is 1. The number of benzene rings is 1. The molecule has 1 heterocycles. The van der Waals surface area contributed by atoms with Gasteiger partial charge >= 0.3 is 0 Å². The summed E-state index contributed by atoms with van der Waals surface area (Å²) in [5.74, 6) is 0.729. The Hall–Kier alpha value is -1.22. The number of likely N-dealkylation sites (tertiary alicyclic amines) is 1. The van der Waals surface area contributed by atoms with Crippen molar-refractivity contribution in [3.8, 4) is 0 Å². The van der Waals surface area contributed by atoms with Crippen LogP contribution in [0.3, 0.4) is 0 Å². The molecule has 1 fully saturated rings. The van der Waals surface area contributed by atoms with Crippen LogP contribution in [0.5, 0.6) is 0 Å². The molecule has 0 atom stereocenters. The highest BCUT2D eigenvalue weighted by molar-refractivity contribution is 6.32. The maximum absolute atomic E-state index is 11.5. The van der Waals surface area contributed by atoms with Crippen LogP contribution in [0.2, 0.25) is 0 Å². The maximum atomic E-state index is 11.5. The van der Waals surface area contributed by atoms with Gasteiger partial charge in [-0.15, -0.1) is 11.6 Å². The van der Waals surface area contributed by atoms with E-state index in [1.54, 1.807) is 0 Å². The van der Waals surface area contributed by atoms with Crippen LogP contribution in [0.1, 0.15) is 18.4 Å². The van der Waals surface area contributed by atoms with Crippen molar-refractivity contribution in [2.24, 2.45) is 5.92 Å². The third-order valence-corrected chi connectivity index (χ3v) is 3.87. The van der Waals surface area contributed by atoms with Crippen molar-refractivity contribution < 1.29 is 4.79 Å². The molecule has 1 amide bonds. The van der Waals surface area contributed by atoms with E-state index in [1.165, 1.54) is 11.0 Å². The minimum Gasteiger partial charge on any atom is -0.342 e. The molecule has 0 N–H and O–H groups in total. The molecule has 4 heteroatoms. The first-order chi connectivity index (χ1) is 9.19. The Morgan fingerprint density at radius 2 is 1.95 bits per heavy atom. The summed E-state index contributed by atoms with van der Waals surface area (Å²) in [4.78, 5) is 13.3. The van der Waals surface area contributed by atoms with E-state index in [1.807, 2.05) is 4.90 Å². The molecule has 1 aromatic rings. The molecule has 2 nitrogen and oxygen atoms in total. The van der Waals surface area contributed by atoms with Crippen molar-refractivity contribution in [1.29, 1.82) is 0 Å². The lowest BCUT2D eigenvalue weighted by molar-refractivity contribution is -0.129. The van der Waals surface area contributed by atoms with Gasteiger partial charge in [0.15, 0.2) is 0 Å². The Kier molecular flexibility index (Phi) is 5.09. The lowest BCUT2D eigenvalue weighted by Gasteiger charge is -2.30. The highest BCUT2D eigenvalue weighted by atomic mass is 35.5. The highest BCUT2D eigenvalue weighted by Crippen LogP contribution is 2.19. The predicted octanol–water partition coefficient (Wildman–Crippen LogP) is 1.44. The molecule has 1 aliphatic heterocycles. The third kappa shape index (κ3) is 4.14. The summed E-state index contributed by atoms with van der Waals surface area (Å²) in [7, 11) is 2.09. The maximum Gasteiger partial charge on any atom is 0.237 e. The van der Waals surface area contributed by atoms with Gasteiger partial charge in [0.1, 0.15) is 13.7 Å². The van der Waals surface area contributed by atoms with Gasteiger partial charge in [0.2, 0.25) is 5.91 Å². The molecule has 0 spiro atoms. The van der Waals surface area contributed by atoms with Gasteiger partial charge in [-0.25, -0.2) is 0 Å². The van der Waals surface area contributed by atoms with Crippen LogP contribution in [-0.4, -0.2) is 37.6 Å². The lowest BCUT2D eigenvalue weighted by atomic mass is 9.93. The van der Waals surface area contributed by atoms with Crippen LogP contribution in [-0.2, 0) is 4.79 Å². The molecule has 1 saturated heterocycles. The number of rotatable bonds is 3. The summed E-state index contributed by atoms with van der Waals surface area (Å²) >= 11 is 5.57. The van der Waals surface area contributed by atoms with Crippen LogP contribution in [0.4, 0.5) is 0 Å². The number of amides is 1. The predicted molar refractivity (Wildman–Crippen MR) is 83.7 cm³/mol. The second-order valence-electron chi connectivity index (χ2n) is 5.12. The number of alkyl halides is 1. The molecule has 0 saturated carbocycles. The van der Waals surface area contributed by atoms with Gasteiger partial charge in [-0.2, -0.15) is 0 Å². The van der Waals surface area contributed by atoms with E-state index in [0.29, 0.717) is 5.92 Å². The molecule has 0 unspecified atom stereocenters. The van der Waals surface area contributed by atoms with Crippen LogP contribution >= 0.6 is 11.6 Å². The van der Waals surface area contributed by atoms with Crippen molar-refractivity contribution in [2.45, 2.75) is 12.8 Å². The second kappa shape index (κ2) is 6.81. The Balaban J connectivity index is 1.85. The fourth-order valence-electron chi connectivity index (χ4n) is 2.35. The molecular formula is C15H19BClNO. The van der Waals surface area contributed by atoms with E-state index in [-0.39, 0.29) is 11.8 Å². The van der Waals surface area contributed by atoms with E-state index in [4.69, 9.17) is 11.6 Å². The smallest absolute Gasteiger partial charge is 0.237 e. The van der Waals surface area contributed by atoms with Gasteiger partial charge in [0.25, 0.3) is 0 Å². The third-order valence-electron chi connectivity index (χ3n) is 3.64. The normalized spacial score (nSPS) is 17.0. The number of hydrogen-bond acceptors (Lipinski definition) is 1. The van der Waals surface area contributed by atoms with Crippen molar-refractivity contribution in [3.63, 3.8) is 0 Å². The molecule has 1 aromatic carbocycles. The molecule has 0 aromatic heterocycles. The van der Waals surface area contributed by atoms with E-state index < -0.39 is 0 Å². The topological polar surface area (TPSA) is 20.3 Å². The average molecular weight is 276 g/mol. The van der Waals surface area contributed by atoms with Gasteiger partial charge in [0.05, 0.1) is 0 Å². The first-order valence-electron chi connectivity index (χ1n) is 6.77. The zero-order chi connectivity index (χ0) is 13.7. The standard InChI is InChI=1S/C15H19BClNO/c16-14-5-3-12(4-6-14)1-2-13-7-9-18(10-8-13)15(19)11-17/h1-6,13H,7-11,16H2/b2-1+. The molecule has 19 heavy (non-hydrogen) atoms. The molecular weight excluding hydrogens is 256 g/mol. The molecule has 1 aliphatic rings. The van der Waals surface area contributed by atoms with Crippen LogP contribution in [0, 0.1) is 5.92 Å². The lowest BCUT2D eigenvalue weighted by Crippen LogP contribution is -2.38. The summed E-state index contributed by atoms with van der Waals surface area (Å²) in [5.41, 5.74) is 2.52. The van der Waals surface area contributed by atoms with Gasteiger partial charge in [-0.3, -0.25) is 4.79 Å². The van der Waals surface area contributed by atoms with E-state index in [9.17, 15) is 4.79 Å². The van der Waals surface area contributed by atoms with Crippen molar-refractivity contribution in [3.05, 3.63) is 35.9 Å². The van der Waals surface area contributed by atoms with Crippen molar-refractivity contribution in [1.82, 2.24) is 4.90 Å². The molecule has 2 rings (SSSR count). The summed E-state index contributed by atoms with van der Waals surface area (Å²) in [6.07, 6.45) is 6.52. The number of allylic oxidation sites excluding steroid dienone is 1. The highest BCUT2D eigenvalue weighted by Gasteiger charge is 2.20. The van der Waals surface area contributed by atoms with Gasteiger partial charge in [-0.05, 0) is 24.3 Å². The fourth-order valence-corrected chi connectivity index (χ4v) is 2.52. The van der Waals surface area contributed by atoms with Gasteiger partial charge < -0.3 is 4.90 Å². The molecule has 0 aliphatic carbocycles. The number of carbonyl (C=O) groups is 1. The summed E-state index contributed by atoms with van der Waals surface area (Å²) in [6.45, 7) is 1.66. The van der Waals surface area contributed by atoms with Crippen molar-refractivity contribution in [2.75, 3.05) is 19.0 Å². The zero-order valence-electron chi connectivity index (χ0n) is 11.3. The molecule has 100 valence electrons. The number of halogens is 1. The van der Waals surface area contributed by atoms with Crippen LogP contribution in [0.15, 0.2) is 30.3 Å². The fraction of sp³-hybridized carbons (Fsp3) is 0.400. The van der Waals surface area contributed by atoms with Crippen molar-refractivity contribution >= 4 is 36.9 Å². The van der Waals surface area contributed by atoms with Gasteiger partial charge in [-0.1, -0.05) is 41.9 Å². The zero-order valence-corrected chi connectivity index (χ0v) is 12.1. The van der Waals surface area contributed by atoms with E-state index in [0.717, 1.165) is 25.9 Å². The van der Waals surface area contributed by atoms with Crippen LogP contribution < -0.4 is 5.46 Å². The Morgan fingerprint density at radius 3 is 2.53 bits per heavy atom. The van der Waals surface area contributed by atoms with Crippen LogP contribution in [0.25, 0.3) is 6.08 Å². The summed E-state index contributed by atoms with van der Waals surface area (Å²) in [6, 6.07) is 8.53. The van der Waals surface area contributed by atoms with E-state index in [2.05, 4.69) is 44.3 Å². The number of hydrogen-bond donors (Lipinski definition) is 0. The minimum absolute atomic E-state index is 0.0580. The SMILES string of the molecule is Bc1ccc(/C=C/C2CCN(C(=O)CCl)CC2)cc1. The summed E-state index contributed by atoms with van der Waals surface area (Å²) in [5, 5.41) is 0. The van der Waals surface area contributed by atoms with Gasteiger partial charge in [0, 0.05) is 13.1 Å². The quantitative estimate of drug-likeness (QED) is 0.604.